The number of rotatable bonds is 6. The molecule has 0 saturated carbocycles. The Balaban J connectivity index is 0.00000338. The van der Waals surface area contributed by atoms with Gasteiger partial charge in [-0.2, -0.15) is 0 Å². The highest BCUT2D eigenvalue weighted by Gasteiger charge is 2.45. The number of benzene rings is 1. The SMILES string of the molecule is COc1ccc(S(=O)(=O)NCC(C)(C)N)cc1C1(C)NC(=O)NC1=O.Cl. The van der Waals surface area contributed by atoms with E-state index in [2.05, 4.69) is 15.4 Å². The van der Waals surface area contributed by atoms with Gasteiger partial charge in [0, 0.05) is 17.6 Å². The molecule has 0 spiro atoms. The molecule has 5 N–H and O–H groups in total. The van der Waals surface area contributed by atoms with Gasteiger partial charge in [-0.15, -0.1) is 12.4 Å². The van der Waals surface area contributed by atoms with Gasteiger partial charge in [0.25, 0.3) is 5.91 Å². The van der Waals surface area contributed by atoms with Crippen molar-refractivity contribution in [3.05, 3.63) is 23.8 Å². The van der Waals surface area contributed by atoms with E-state index in [1.165, 1.54) is 32.2 Å². The molecule has 2 rings (SSSR count). The van der Waals surface area contributed by atoms with E-state index in [0.29, 0.717) is 0 Å². The molecule has 1 saturated heterocycles. The number of carbonyl (C=O) groups excluding carboxylic acids is 2. The Kier molecular flexibility index (Phi) is 6.30. The number of halogens is 1. The first-order valence-corrected chi connectivity index (χ1v) is 8.98. The van der Waals surface area contributed by atoms with Crippen LogP contribution in [0.2, 0.25) is 0 Å². The van der Waals surface area contributed by atoms with Crippen molar-refractivity contribution in [1.29, 1.82) is 0 Å². The second-order valence-electron chi connectivity index (χ2n) is 6.71. The van der Waals surface area contributed by atoms with E-state index in [1.807, 2.05) is 0 Å². The van der Waals surface area contributed by atoms with Gasteiger partial charge in [0.2, 0.25) is 10.0 Å². The number of nitrogens with one attached hydrogen (secondary N) is 3. The minimum absolute atomic E-state index is 0. The quantitative estimate of drug-likeness (QED) is 0.497. The molecule has 0 aliphatic carbocycles. The van der Waals surface area contributed by atoms with Crippen molar-refractivity contribution in [1.82, 2.24) is 15.4 Å². The van der Waals surface area contributed by atoms with Crippen LogP contribution in [0.25, 0.3) is 0 Å². The van der Waals surface area contributed by atoms with Crippen LogP contribution in [0.3, 0.4) is 0 Å². The van der Waals surface area contributed by atoms with Crippen LogP contribution in [-0.4, -0.2) is 39.5 Å². The summed E-state index contributed by atoms with van der Waals surface area (Å²) in [6.07, 6.45) is 0. The second kappa shape index (κ2) is 7.39. The number of hydrogen-bond donors (Lipinski definition) is 4. The van der Waals surface area contributed by atoms with Gasteiger partial charge >= 0.3 is 6.03 Å². The fourth-order valence-corrected chi connectivity index (χ4v) is 3.59. The van der Waals surface area contributed by atoms with E-state index < -0.39 is 33.0 Å². The van der Waals surface area contributed by atoms with Gasteiger partial charge in [0.15, 0.2) is 0 Å². The molecule has 1 fully saturated rings. The van der Waals surface area contributed by atoms with Gasteiger partial charge < -0.3 is 15.8 Å². The van der Waals surface area contributed by atoms with Crippen molar-refractivity contribution < 1.29 is 22.7 Å². The maximum atomic E-state index is 12.5. The average Bonchev–Trinajstić information content (AvgIpc) is 2.77. The summed E-state index contributed by atoms with van der Waals surface area (Å²) in [5.74, 6) is -0.320. The molecule has 1 aliphatic rings. The molecule has 1 aromatic carbocycles. The van der Waals surface area contributed by atoms with E-state index in [1.54, 1.807) is 13.8 Å². The highest BCUT2D eigenvalue weighted by molar-refractivity contribution is 7.89. The monoisotopic (exact) mass is 406 g/mol. The molecule has 146 valence electrons. The summed E-state index contributed by atoms with van der Waals surface area (Å²) in [5, 5.41) is 4.63. The highest BCUT2D eigenvalue weighted by atomic mass is 35.5. The first-order valence-electron chi connectivity index (χ1n) is 7.50. The van der Waals surface area contributed by atoms with Gasteiger partial charge in [-0.1, -0.05) is 0 Å². The topological polar surface area (TPSA) is 140 Å². The standard InChI is InChI=1S/C15H22N4O5S.ClH/c1-14(2,16)8-17-25(22,23)9-5-6-11(24-4)10(7-9)15(3)12(20)18-13(21)19-15;/h5-7,17H,8,16H2,1-4H3,(H2,18,19,20,21);1H. The minimum atomic E-state index is -3.86. The van der Waals surface area contributed by atoms with E-state index in [9.17, 15) is 18.0 Å². The number of imide groups is 1. The van der Waals surface area contributed by atoms with Crippen LogP contribution in [0.1, 0.15) is 26.3 Å². The van der Waals surface area contributed by atoms with Crippen LogP contribution in [-0.2, 0) is 20.4 Å². The number of hydrogen-bond acceptors (Lipinski definition) is 6. The van der Waals surface area contributed by atoms with Crippen molar-refractivity contribution in [3.63, 3.8) is 0 Å². The molecule has 26 heavy (non-hydrogen) atoms. The fraction of sp³-hybridized carbons (Fsp3) is 0.467. The molecule has 11 heteroatoms. The number of amides is 3. The molecule has 1 aliphatic heterocycles. The van der Waals surface area contributed by atoms with Gasteiger partial charge in [-0.25, -0.2) is 17.9 Å². The molecule has 0 radical (unpaired) electrons. The van der Waals surface area contributed by atoms with Crippen LogP contribution in [0.15, 0.2) is 23.1 Å². The van der Waals surface area contributed by atoms with Crippen molar-refractivity contribution in [2.24, 2.45) is 5.73 Å². The second-order valence-corrected chi connectivity index (χ2v) is 8.48. The van der Waals surface area contributed by atoms with Gasteiger partial charge in [0.05, 0.1) is 12.0 Å². The molecule has 0 bridgehead atoms. The molecule has 3 amide bonds. The Morgan fingerprint density at radius 1 is 1.31 bits per heavy atom. The summed E-state index contributed by atoms with van der Waals surface area (Å²) < 4.78 is 32.6. The van der Waals surface area contributed by atoms with E-state index >= 15 is 0 Å². The number of carbonyl (C=O) groups is 2. The Hall–Kier alpha value is -1.88. The van der Waals surface area contributed by atoms with Crippen LogP contribution in [0, 0.1) is 0 Å². The first-order chi connectivity index (χ1) is 11.4. The summed E-state index contributed by atoms with van der Waals surface area (Å²) in [6.45, 7) is 4.88. The molecule has 1 atom stereocenters. The summed E-state index contributed by atoms with van der Waals surface area (Å²) in [7, 11) is -2.47. The predicted octanol–water partition coefficient (Wildman–Crippen LogP) is 0.187. The average molecular weight is 407 g/mol. The zero-order chi connectivity index (χ0) is 19.0. The molecule has 9 nitrogen and oxygen atoms in total. The zero-order valence-corrected chi connectivity index (χ0v) is 16.5. The molecule has 1 heterocycles. The lowest BCUT2D eigenvalue weighted by Crippen LogP contribution is -2.45. The number of sulfonamides is 1. The van der Waals surface area contributed by atoms with Crippen LogP contribution < -0.4 is 25.8 Å². The third kappa shape index (κ3) is 4.44. The van der Waals surface area contributed by atoms with E-state index in [-0.39, 0.29) is 35.2 Å². The largest absolute Gasteiger partial charge is 0.496 e. The normalized spacial score (nSPS) is 20.2. The predicted molar refractivity (Wildman–Crippen MR) is 97.7 cm³/mol. The molecule has 1 unspecified atom stereocenters. The van der Waals surface area contributed by atoms with Crippen molar-refractivity contribution in [2.75, 3.05) is 13.7 Å². The molecular formula is C15H23ClN4O5S. The Morgan fingerprint density at radius 3 is 2.38 bits per heavy atom. The third-order valence-electron chi connectivity index (χ3n) is 3.78. The Bertz CT molecular complexity index is 822. The summed E-state index contributed by atoms with van der Waals surface area (Å²) >= 11 is 0. The maximum Gasteiger partial charge on any atom is 0.322 e. The molecule has 1 aromatic rings. The summed E-state index contributed by atoms with van der Waals surface area (Å²) in [6, 6.07) is 3.42. The minimum Gasteiger partial charge on any atom is -0.496 e. The lowest BCUT2D eigenvalue weighted by Gasteiger charge is -2.24. The molecular weight excluding hydrogens is 384 g/mol. The molecule has 0 aromatic heterocycles. The zero-order valence-electron chi connectivity index (χ0n) is 14.9. The number of nitrogens with two attached hydrogens (primary N) is 1. The van der Waals surface area contributed by atoms with Crippen molar-refractivity contribution in [2.45, 2.75) is 36.7 Å². The fourth-order valence-electron chi connectivity index (χ4n) is 2.34. The number of urea groups is 1. The summed E-state index contributed by atoms with van der Waals surface area (Å²) in [5.41, 5.74) is 3.86. The lowest BCUT2D eigenvalue weighted by atomic mass is 9.91. The number of ether oxygens (including phenoxy) is 1. The van der Waals surface area contributed by atoms with E-state index in [4.69, 9.17) is 10.5 Å². The number of methoxy groups -OCH3 is 1. The van der Waals surface area contributed by atoms with Gasteiger partial charge in [0.1, 0.15) is 11.3 Å². The van der Waals surface area contributed by atoms with Gasteiger partial charge in [-0.3, -0.25) is 10.1 Å². The first kappa shape index (κ1) is 22.2. The van der Waals surface area contributed by atoms with Crippen LogP contribution >= 0.6 is 12.4 Å². The maximum absolute atomic E-state index is 12.5. The van der Waals surface area contributed by atoms with Crippen LogP contribution in [0.4, 0.5) is 4.79 Å². The van der Waals surface area contributed by atoms with Crippen LogP contribution in [0.5, 0.6) is 5.75 Å². The van der Waals surface area contributed by atoms with E-state index in [0.717, 1.165) is 0 Å². The lowest BCUT2D eigenvalue weighted by molar-refractivity contribution is -0.123. The smallest absolute Gasteiger partial charge is 0.322 e. The van der Waals surface area contributed by atoms with Crippen molar-refractivity contribution >= 4 is 34.4 Å². The Morgan fingerprint density at radius 2 is 1.92 bits per heavy atom. The summed E-state index contributed by atoms with van der Waals surface area (Å²) in [4.78, 5) is 23.6. The Labute approximate surface area is 158 Å². The van der Waals surface area contributed by atoms with Crippen molar-refractivity contribution in [3.8, 4) is 5.75 Å². The highest BCUT2D eigenvalue weighted by Crippen LogP contribution is 2.34. The third-order valence-corrected chi connectivity index (χ3v) is 5.18. The van der Waals surface area contributed by atoms with Gasteiger partial charge in [-0.05, 0) is 39.0 Å².